The summed E-state index contributed by atoms with van der Waals surface area (Å²) in [5.74, 6) is 1.37. The van der Waals surface area contributed by atoms with Crippen LogP contribution in [0.25, 0.3) is 5.65 Å². The van der Waals surface area contributed by atoms with E-state index in [-0.39, 0.29) is 0 Å². The second-order valence-corrected chi connectivity index (χ2v) is 3.27. The van der Waals surface area contributed by atoms with Crippen LogP contribution in [0.4, 0.5) is 5.82 Å². The molecule has 0 bridgehead atoms. The highest BCUT2D eigenvalue weighted by molar-refractivity contribution is 5.43. The average Bonchev–Trinajstić information content (AvgIpc) is 2.99. The molecule has 0 spiro atoms. The van der Waals surface area contributed by atoms with Gasteiger partial charge in [-0.1, -0.05) is 5.16 Å². The van der Waals surface area contributed by atoms with Crippen molar-refractivity contribution >= 4 is 11.5 Å². The average molecular weight is 232 g/mol. The van der Waals surface area contributed by atoms with Gasteiger partial charge in [0, 0.05) is 13.0 Å². The molecule has 0 amide bonds. The molecular weight excluding hydrogens is 224 g/mol. The van der Waals surface area contributed by atoms with Gasteiger partial charge in [0.2, 0.25) is 6.39 Å². The quantitative estimate of drug-likeness (QED) is 0.644. The maximum absolute atomic E-state index is 4.64. The topological polar surface area (TPSA) is 107 Å². The molecule has 0 atom stereocenters. The van der Waals surface area contributed by atoms with Gasteiger partial charge < -0.3 is 9.84 Å². The number of rotatable bonds is 4. The van der Waals surface area contributed by atoms with Crippen LogP contribution in [-0.4, -0.2) is 41.7 Å². The predicted octanol–water partition coefficient (Wildman–Crippen LogP) is -0.443. The molecule has 3 rings (SSSR count). The van der Waals surface area contributed by atoms with Gasteiger partial charge in [0.25, 0.3) is 0 Å². The van der Waals surface area contributed by atoms with E-state index in [0.29, 0.717) is 24.4 Å². The van der Waals surface area contributed by atoms with Crippen LogP contribution in [0, 0.1) is 0 Å². The van der Waals surface area contributed by atoms with E-state index in [9.17, 15) is 0 Å². The first-order chi connectivity index (χ1) is 8.43. The molecule has 9 heteroatoms. The van der Waals surface area contributed by atoms with Crippen LogP contribution in [0.15, 0.2) is 23.3 Å². The van der Waals surface area contributed by atoms with E-state index in [2.05, 4.69) is 40.5 Å². The Morgan fingerprint density at radius 1 is 1.35 bits per heavy atom. The number of hydrogen-bond acceptors (Lipinski definition) is 8. The third-order valence-corrected chi connectivity index (χ3v) is 2.17. The summed E-state index contributed by atoms with van der Waals surface area (Å²) in [6.45, 7) is 0.639. The van der Waals surface area contributed by atoms with E-state index in [0.717, 1.165) is 5.82 Å². The molecule has 0 aliphatic rings. The van der Waals surface area contributed by atoms with E-state index in [1.165, 1.54) is 6.39 Å². The first-order valence-corrected chi connectivity index (χ1v) is 4.95. The Morgan fingerprint density at radius 2 is 2.35 bits per heavy atom. The second-order valence-electron chi connectivity index (χ2n) is 3.27. The molecule has 17 heavy (non-hydrogen) atoms. The zero-order chi connectivity index (χ0) is 11.5. The van der Waals surface area contributed by atoms with E-state index >= 15 is 0 Å². The number of nitrogens with zero attached hydrogens (tertiary/aromatic N) is 7. The Kier molecular flexibility index (Phi) is 2.33. The lowest BCUT2D eigenvalue weighted by Gasteiger charge is -2.04. The smallest absolute Gasteiger partial charge is 0.213 e. The molecule has 3 aromatic heterocycles. The van der Waals surface area contributed by atoms with Crippen molar-refractivity contribution < 1.29 is 4.52 Å². The van der Waals surface area contributed by atoms with Crippen molar-refractivity contribution in [1.82, 2.24) is 35.2 Å². The van der Waals surface area contributed by atoms with E-state index < -0.39 is 0 Å². The van der Waals surface area contributed by atoms with Crippen molar-refractivity contribution in [3.63, 3.8) is 0 Å². The summed E-state index contributed by atoms with van der Waals surface area (Å²) in [4.78, 5) is 7.94. The fourth-order valence-electron chi connectivity index (χ4n) is 1.40. The molecule has 1 N–H and O–H groups in total. The van der Waals surface area contributed by atoms with Crippen molar-refractivity contribution in [3.05, 3.63) is 24.6 Å². The lowest BCUT2D eigenvalue weighted by Crippen LogP contribution is -2.10. The highest BCUT2D eigenvalue weighted by atomic mass is 16.5. The lowest BCUT2D eigenvalue weighted by atomic mass is 10.4. The van der Waals surface area contributed by atoms with Crippen LogP contribution in [0.2, 0.25) is 0 Å². The monoisotopic (exact) mass is 232 g/mol. The third kappa shape index (κ3) is 1.89. The summed E-state index contributed by atoms with van der Waals surface area (Å²) >= 11 is 0. The highest BCUT2D eigenvalue weighted by Crippen LogP contribution is 2.05. The number of nitrogens with one attached hydrogen (secondary N) is 1. The standard InChI is InChI=1S/C8H8N8O/c1(6-11-5-17-13-6)2-10-7-3-9-4-8-12-14-15-16(7)8/h3-5,10H,1-2H2. The summed E-state index contributed by atoms with van der Waals surface area (Å²) in [5, 5.41) is 18.1. The Balaban J connectivity index is 1.70. The van der Waals surface area contributed by atoms with Crippen LogP contribution in [0.5, 0.6) is 0 Å². The Hall–Kier alpha value is -2.58. The largest absolute Gasteiger partial charge is 0.368 e. The third-order valence-electron chi connectivity index (χ3n) is 2.17. The molecule has 0 saturated heterocycles. The van der Waals surface area contributed by atoms with Crippen LogP contribution >= 0.6 is 0 Å². The zero-order valence-corrected chi connectivity index (χ0v) is 8.69. The summed E-state index contributed by atoms with van der Waals surface area (Å²) in [5.41, 5.74) is 0.592. The molecule has 86 valence electrons. The van der Waals surface area contributed by atoms with E-state index in [1.807, 2.05) is 0 Å². The van der Waals surface area contributed by atoms with Gasteiger partial charge in [0.1, 0.15) is 5.82 Å². The molecule has 0 unspecified atom stereocenters. The zero-order valence-electron chi connectivity index (χ0n) is 8.69. The van der Waals surface area contributed by atoms with E-state index in [1.54, 1.807) is 16.9 Å². The van der Waals surface area contributed by atoms with Crippen LogP contribution in [-0.2, 0) is 6.42 Å². The number of aromatic nitrogens is 7. The van der Waals surface area contributed by atoms with E-state index in [4.69, 9.17) is 0 Å². The molecule has 9 nitrogen and oxygen atoms in total. The van der Waals surface area contributed by atoms with Gasteiger partial charge in [-0.2, -0.15) is 9.50 Å². The molecule has 3 aromatic rings. The van der Waals surface area contributed by atoms with Crippen molar-refractivity contribution in [2.24, 2.45) is 0 Å². The van der Waals surface area contributed by atoms with Gasteiger partial charge in [-0.3, -0.25) is 4.98 Å². The maximum Gasteiger partial charge on any atom is 0.213 e. The molecule has 3 heterocycles. The minimum absolute atomic E-state index is 0.592. The molecule has 0 aliphatic heterocycles. The van der Waals surface area contributed by atoms with Crippen molar-refractivity contribution in [2.75, 3.05) is 11.9 Å². The van der Waals surface area contributed by atoms with Gasteiger partial charge in [-0.25, -0.2) is 0 Å². The molecule has 0 saturated carbocycles. The second kappa shape index (κ2) is 4.12. The van der Waals surface area contributed by atoms with Gasteiger partial charge >= 0.3 is 0 Å². The molecule has 0 radical (unpaired) electrons. The Labute approximate surface area is 94.9 Å². The van der Waals surface area contributed by atoms with Gasteiger partial charge in [0.05, 0.1) is 12.4 Å². The number of anilines is 1. The minimum Gasteiger partial charge on any atom is -0.368 e. The van der Waals surface area contributed by atoms with Crippen molar-refractivity contribution in [2.45, 2.75) is 6.42 Å². The van der Waals surface area contributed by atoms with Gasteiger partial charge in [-0.15, -0.1) is 5.10 Å². The summed E-state index contributed by atoms with van der Waals surface area (Å²) in [6, 6.07) is 0. The SMILES string of the molecule is c1nc(CCNc2cncc3nnnn23)no1. The van der Waals surface area contributed by atoms with Crippen LogP contribution in [0.3, 0.4) is 0 Å². The minimum atomic E-state index is 0.592. The fraction of sp³-hybridized carbons (Fsp3) is 0.250. The van der Waals surface area contributed by atoms with Crippen LogP contribution < -0.4 is 5.32 Å². The first kappa shape index (κ1) is 9.63. The molecular formula is C8H8N8O. The molecule has 0 fully saturated rings. The molecule has 0 aromatic carbocycles. The molecule has 0 aliphatic carbocycles. The van der Waals surface area contributed by atoms with Crippen molar-refractivity contribution in [3.8, 4) is 0 Å². The number of tetrazole rings is 1. The lowest BCUT2D eigenvalue weighted by molar-refractivity contribution is 0.410. The Morgan fingerprint density at radius 3 is 3.24 bits per heavy atom. The Bertz CT molecular complexity index is 603. The normalized spacial score (nSPS) is 10.8. The van der Waals surface area contributed by atoms with Gasteiger partial charge in [-0.05, 0) is 10.4 Å². The summed E-state index contributed by atoms with van der Waals surface area (Å²) in [6.07, 6.45) is 5.19. The van der Waals surface area contributed by atoms with Crippen molar-refractivity contribution in [1.29, 1.82) is 0 Å². The van der Waals surface area contributed by atoms with Crippen LogP contribution in [0.1, 0.15) is 5.82 Å². The fourth-order valence-corrected chi connectivity index (χ4v) is 1.40. The number of fused-ring (bicyclic) bond motifs is 1. The highest BCUT2D eigenvalue weighted by Gasteiger charge is 2.04. The predicted molar refractivity (Wildman–Crippen MR) is 55.1 cm³/mol. The first-order valence-electron chi connectivity index (χ1n) is 4.95. The number of hydrogen-bond donors (Lipinski definition) is 1. The summed E-state index contributed by atoms with van der Waals surface area (Å²) in [7, 11) is 0. The maximum atomic E-state index is 4.64. The summed E-state index contributed by atoms with van der Waals surface area (Å²) < 4.78 is 6.21. The van der Waals surface area contributed by atoms with Gasteiger partial charge in [0.15, 0.2) is 11.5 Å².